The molecule has 1 fully saturated rings. The van der Waals surface area contributed by atoms with E-state index in [2.05, 4.69) is 10.2 Å². The van der Waals surface area contributed by atoms with E-state index in [1.807, 2.05) is 6.92 Å². The minimum absolute atomic E-state index is 0.0700. The Morgan fingerprint density at radius 3 is 2.96 bits per heavy atom. The van der Waals surface area contributed by atoms with Crippen LogP contribution in [0.15, 0.2) is 18.2 Å². The van der Waals surface area contributed by atoms with Gasteiger partial charge in [-0.15, -0.1) is 0 Å². The Bertz CT molecular complexity index is 629. The fourth-order valence-corrected chi connectivity index (χ4v) is 3.04. The van der Waals surface area contributed by atoms with Gasteiger partial charge in [-0.25, -0.2) is 0 Å². The summed E-state index contributed by atoms with van der Waals surface area (Å²) in [5, 5.41) is 3.44. The van der Waals surface area contributed by atoms with Crippen molar-refractivity contribution in [3.8, 4) is 11.5 Å². The van der Waals surface area contributed by atoms with Gasteiger partial charge < -0.3 is 19.5 Å². The highest BCUT2D eigenvalue weighted by Gasteiger charge is 2.18. The summed E-state index contributed by atoms with van der Waals surface area (Å²) < 4.78 is 15.9. The van der Waals surface area contributed by atoms with E-state index >= 15 is 0 Å². The first-order valence-corrected chi connectivity index (χ1v) is 8.37. The van der Waals surface area contributed by atoms with Crippen molar-refractivity contribution in [3.05, 3.63) is 28.8 Å². The van der Waals surface area contributed by atoms with Crippen molar-refractivity contribution < 1.29 is 19.0 Å². The largest absolute Gasteiger partial charge is 0.454 e. The molecule has 2 aliphatic heterocycles. The zero-order chi connectivity index (χ0) is 16.9. The molecule has 1 saturated heterocycles. The summed E-state index contributed by atoms with van der Waals surface area (Å²) in [6.07, 6.45) is 3.22. The van der Waals surface area contributed by atoms with Crippen molar-refractivity contribution >= 4 is 23.6 Å². The lowest BCUT2D eigenvalue weighted by Crippen LogP contribution is -2.45. The minimum atomic E-state index is -0.135. The van der Waals surface area contributed by atoms with Crippen LogP contribution in [0.2, 0.25) is 5.02 Å². The highest BCUT2D eigenvalue weighted by Crippen LogP contribution is 2.40. The molecule has 1 aromatic rings. The Morgan fingerprint density at radius 2 is 2.17 bits per heavy atom. The van der Waals surface area contributed by atoms with Crippen molar-refractivity contribution in [2.45, 2.75) is 13.0 Å². The molecule has 0 aliphatic carbocycles. The maximum Gasteiger partial charge on any atom is 0.244 e. The van der Waals surface area contributed by atoms with Gasteiger partial charge in [0.25, 0.3) is 0 Å². The lowest BCUT2D eigenvalue weighted by molar-refractivity contribution is -0.117. The van der Waals surface area contributed by atoms with Crippen LogP contribution in [0, 0.1) is 0 Å². The standard InChI is InChI=1S/C17H21ClN2O4/c1-12(10-20-4-6-22-7-5-20)19-16(21)3-2-13-8-14(18)17-15(9-13)23-11-24-17/h2-3,8-9,12H,4-7,10-11H2,1H3,(H,19,21)/b3-2+. The first-order chi connectivity index (χ1) is 11.6. The van der Waals surface area contributed by atoms with Crippen LogP contribution in [-0.4, -0.2) is 56.5 Å². The third-order valence-corrected chi connectivity index (χ3v) is 4.18. The maximum absolute atomic E-state index is 12.1. The van der Waals surface area contributed by atoms with Crippen molar-refractivity contribution in [1.29, 1.82) is 0 Å². The van der Waals surface area contributed by atoms with Crippen LogP contribution in [0.3, 0.4) is 0 Å². The first kappa shape index (κ1) is 17.1. The Balaban J connectivity index is 1.52. The number of fused-ring (bicyclic) bond motifs is 1. The molecule has 1 N–H and O–H groups in total. The van der Waals surface area contributed by atoms with Gasteiger partial charge in [0.15, 0.2) is 11.5 Å². The average Bonchev–Trinajstić information content (AvgIpc) is 3.03. The van der Waals surface area contributed by atoms with Gasteiger partial charge in [-0.05, 0) is 30.7 Å². The Hall–Kier alpha value is -1.76. The van der Waals surface area contributed by atoms with Gasteiger partial charge in [0.05, 0.1) is 18.2 Å². The van der Waals surface area contributed by atoms with Crippen molar-refractivity contribution in [1.82, 2.24) is 10.2 Å². The molecule has 2 aliphatic rings. The number of ether oxygens (including phenoxy) is 3. The number of carbonyl (C=O) groups excluding carboxylic acids is 1. The number of nitrogens with one attached hydrogen (secondary N) is 1. The Morgan fingerprint density at radius 1 is 1.38 bits per heavy atom. The molecule has 1 amide bonds. The number of benzene rings is 1. The molecule has 24 heavy (non-hydrogen) atoms. The van der Waals surface area contributed by atoms with E-state index in [9.17, 15) is 4.79 Å². The second kappa shape index (κ2) is 7.88. The highest BCUT2D eigenvalue weighted by atomic mass is 35.5. The zero-order valence-corrected chi connectivity index (χ0v) is 14.3. The smallest absolute Gasteiger partial charge is 0.244 e. The first-order valence-electron chi connectivity index (χ1n) is 7.99. The third-order valence-electron chi connectivity index (χ3n) is 3.90. The SMILES string of the molecule is CC(CN1CCOCC1)NC(=O)/C=C/c1cc(Cl)c2c(c1)OCO2. The number of nitrogens with zero attached hydrogens (tertiary/aromatic N) is 1. The van der Waals surface area contributed by atoms with Gasteiger partial charge in [-0.1, -0.05) is 11.6 Å². The van der Waals surface area contributed by atoms with Gasteiger partial charge in [0, 0.05) is 31.8 Å². The Labute approximate surface area is 146 Å². The molecule has 3 rings (SSSR count). The second-order valence-corrected chi connectivity index (χ2v) is 6.30. The summed E-state index contributed by atoms with van der Waals surface area (Å²) >= 11 is 6.13. The lowest BCUT2D eigenvalue weighted by Gasteiger charge is -2.29. The predicted molar refractivity (Wildman–Crippen MR) is 91.5 cm³/mol. The van der Waals surface area contributed by atoms with Crippen LogP contribution in [0.25, 0.3) is 6.08 Å². The summed E-state index contributed by atoms with van der Waals surface area (Å²) in [5.41, 5.74) is 0.792. The quantitative estimate of drug-likeness (QED) is 0.820. The van der Waals surface area contributed by atoms with E-state index in [-0.39, 0.29) is 18.7 Å². The van der Waals surface area contributed by atoms with Crippen molar-refractivity contribution in [2.24, 2.45) is 0 Å². The van der Waals surface area contributed by atoms with Crippen LogP contribution in [0.1, 0.15) is 12.5 Å². The molecule has 0 spiro atoms. The second-order valence-electron chi connectivity index (χ2n) is 5.89. The number of hydrogen-bond donors (Lipinski definition) is 1. The van der Waals surface area contributed by atoms with Crippen molar-refractivity contribution in [3.63, 3.8) is 0 Å². The summed E-state index contributed by atoms with van der Waals surface area (Å²) in [4.78, 5) is 14.3. The average molecular weight is 353 g/mol. The predicted octanol–water partition coefficient (Wildman–Crippen LogP) is 1.92. The molecule has 0 radical (unpaired) electrons. The monoisotopic (exact) mass is 352 g/mol. The summed E-state index contributed by atoms with van der Waals surface area (Å²) in [5.74, 6) is 1.02. The number of morpholine rings is 1. The van der Waals surface area contributed by atoms with Crippen LogP contribution in [0.4, 0.5) is 0 Å². The molecule has 6 nitrogen and oxygen atoms in total. The van der Waals surface area contributed by atoms with E-state index in [1.54, 1.807) is 18.2 Å². The minimum Gasteiger partial charge on any atom is -0.454 e. The maximum atomic E-state index is 12.1. The van der Waals surface area contributed by atoms with E-state index in [1.165, 1.54) is 6.08 Å². The van der Waals surface area contributed by atoms with Crippen LogP contribution in [0.5, 0.6) is 11.5 Å². The van der Waals surface area contributed by atoms with Crippen LogP contribution in [-0.2, 0) is 9.53 Å². The molecule has 1 atom stereocenters. The number of hydrogen-bond acceptors (Lipinski definition) is 5. The van der Waals surface area contributed by atoms with Crippen LogP contribution >= 0.6 is 11.6 Å². The van der Waals surface area contributed by atoms with Gasteiger partial charge >= 0.3 is 0 Å². The number of halogens is 1. The summed E-state index contributed by atoms with van der Waals surface area (Å²) in [7, 11) is 0. The molecular formula is C17H21ClN2O4. The van der Waals surface area contributed by atoms with Gasteiger partial charge in [0.1, 0.15) is 0 Å². The molecule has 7 heteroatoms. The third kappa shape index (κ3) is 4.41. The normalized spacial score (nSPS) is 18.8. The summed E-state index contributed by atoms with van der Waals surface area (Å²) in [6, 6.07) is 3.62. The highest BCUT2D eigenvalue weighted by molar-refractivity contribution is 6.32. The van der Waals surface area contributed by atoms with E-state index in [0.717, 1.165) is 38.4 Å². The van der Waals surface area contributed by atoms with E-state index in [0.29, 0.717) is 16.5 Å². The van der Waals surface area contributed by atoms with Gasteiger partial charge in [-0.3, -0.25) is 9.69 Å². The molecule has 0 aromatic heterocycles. The van der Waals surface area contributed by atoms with E-state index in [4.69, 9.17) is 25.8 Å². The number of carbonyl (C=O) groups is 1. The molecule has 1 aromatic carbocycles. The van der Waals surface area contributed by atoms with Gasteiger partial charge in [-0.2, -0.15) is 0 Å². The summed E-state index contributed by atoms with van der Waals surface area (Å²) in [6.45, 7) is 6.31. The Kier molecular flexibility index (Phi) is 5.60. The van der Waals surface area contributed by atoms with Crippen LogP contribution < -0.4 is 14.8 Å². The topological polar surface area (TPSA) is 60.0 Å². The van der Waals surface area contributed by atoms with Gasteiger partial charge in [0.2, 0.25) is 12.7 Å². The number of amides is 1. The number of rotatable bonds is 5. The fourth-order valence-electron chi connectivity index (χ4n) is 2.76. The van der Waals surface area contributed by atoms with E-state index < -0.39 is 0 Å². The zero-order valence-electron chi connectivity index (χ0n) is 13.6. The molecule has 1 unspecified atom stereocenters. The fraction of sp³-hybridized carbons (Fsp3) is 0.471. The molecule has 130 valence electrons. The molecule has 2 heterocycles. The molecule has 0 saturated carbocycles. The lowest BCUT2D eigenvalue weighted by atomic mass is 10.2. The van der Waals surface area contributed by atoms with Crippen molar-refractivity contribution in [2.75, 3.05) is 39.6 Å². The molecule has 0 bridgehead atoms. The molecular weight excluding hydrogens is 332 g/mol.